The first kappa shape index (κ1) is 24.5. The van der Waals surface area contributed by atoms with Gasteiger partial charge in [-0.1, -0.05) is 42.5 Å². The van der Waals surface area contributed by atoms with Crippen molar-refractivity contribution in [3.8, 4) is 0 Å². The summed E-state index contributed by atoms with van der Waals surface area (Å²) in [4.78, 5) is 24.8. The number of amides is 1. The largest absolute Gasteiger partial charge is 0.465 e. The van der Waals surface area contributed by atoms with E-state index in [1.807, 2.05) is 55.5 Å². The second-order valence-corrected chi connectivity index (χ2v) is 7.81. The second-order valence-electron chi connectivity index (χ2n) is 7.81. The van der Waals surface area contributed by atoms with Crippen LogP contribution in [-0.2, 0) is 25.5 Å². The number of benzene rings is 2. The van der Waals surface area contributed by atoms with Crippen LogP contribution >= 0.6 is 0 Å². The molecule has 0 fully saturated rings. The normalized spacial score (nSPS) is 19.8. The van der Waals surface area contributed by atoms with Crippen LogP contribution in [0.2, 0.25) is 0 Å². The molecule has 2 aromatic rings. The molecular formula is C26H31NO6. The summed E-state index contributed by atoms with van der Waals surface area (Å²) in [5.41, 5.74) is 2.36. The number of aliphatic hydroxyl groups is 1. The molecule has 0 saturated heterocycles. The Balaban J connectivity index is 1.88. The van der Waals surface area contributed by atoms with E-state index in [2.05, 4.69) is 5.32 Å². The summed E-state index contributed by atoms with van der Waals surface area (Å²) in [5.74, 6) is -0.820. The van der Waals surface area contributed by atoms with Gasteiger partial charge in [-0.15, -0.1) is 0 Å². The molecule has 176 valence electrons. The van der Waals surface area contributed by atoms with Crippen LogP contribution in [0.5, 0.6) is 0 Å². The van der Waals surface area contributed by atoms with Crippen molar-refractivity contribution in [1.29, 1.82) is 0 Å². The van der Waals surface area contributed by atoms with Gasteiger partial charge in [-0.05, 0) is 49.1 Å². The van der Waals surface area contributed by atoms with E-state index in [9.17, 15) is 14.7 Å². The van der Waals surface area contributed by atoms with E-state index in [-0.39, 0.29) is 30.1 Å². The summed E-state index contributed by atoms with van der Waals surface area (Å²) in [6.45, 7) is 2.73. The van der Waals surface area contributed by atoms with Crippen LogP contribution in [0.15, 0.2) is 66.4 Å². The summed E-state index contributed by atoms with van der Waals surface area (Å²) in [6, 6.07) is 16.8. The molecule has 33 heavy (non-hydrogen) atoms. The number of methoxy groups -OCH3 is 1. The highest BCUT2D eigenvalue weighted by Gasteiger charge is 2.37. The molecule has 1 aliphatic heterocycles. The number of nitrogens with one attached hydrogen (secondary N) is 1. The Labute approximate surface area is 194 Å². The number of ether oxygens (including phenoxy) is 3. The zero-order valence-corrected chi connectivity index (χ0v) is 19.0. The SMILES string of the molecule is CCOC1OC(C(=O)NCc2ccccc2)=CC(c2ccc(C(=O)OC)cc2)C1CCCO. The van der Waals surface area contributed by atoms with Gasteiger partial charge < -0.3 is 24.6 Å². The maximum atomic E-state index is 12.9. The standard InChI is InChI=1S/C26H31NO6/c1-3-32-26-21(10-7-15-28)22(19-11-13-20(14-12-19)25(30)31-2)16-23(33-26)24(29)27-17-18-8-5-4-6-9-18/h4-6,8-9,11-14,16,21-22,26,28H,3,7,10,15,17H2,1-2H3,(H,27,29). The van der Waals surface area contributed by atoms with E-state index in [4.69, 9.17) is 14.2 Å². The van der Waals surface area contributed by atoms with Crippen molar-refractivity contribution in [2.75, 3.05) is 20.3 Å². The number of allylic oxidation sites excluding steroid dienone is 1. The number of aliphatic hydroxyl groups excluding tert-OH is 1. The lowest BCUT2D eigenvalue weighted by Gasteiger charge is -2.37. The van der Waals surface area contributed by atoms with Crippen LogP contribution < -0.4 is 5.32 Å². The van der Waals surface area contributed by atoms with Crippen molar-refractivity contribution >= 4 is 11.9 Å². The predicted molar refractivity (Wildman–Crippen MR) is 123 cm³/mol. The van der Waals surface area contributed by atoms with Gasteiger partial charge in [0, 0.05) is 31.6 Å². The lowest BCUT2D eigenvalue weighted by Crippen LogP contribution is -2.39. The number of esters is 1. The number of rotatable bonds is 10. The first-order valence-electron chi connectivity index (χ1n) is 11.2. The van der Waals surface area contributed by atoms with Gasteiger partial charge in [0.15, 0.2) is 5.76 Å². The Bertz CT molecular complexity index is 941. The number of hydrogen-bond donors (Lipinski definition) is 2. The van der Waals surface area contributed by atoms with Crippen LogP contribution in [0, 0.1) is 5.92 Å². The maximum Gasteiger partial charge on any atom is 0.337 e. The molecule has 0 aromatic heterocycles. The fourth-order valence-corrected chi connectivity index (χ4v) is 3.97. The van der Waals surface area contributed by atoms with Gasteiger partial charge in [0.25, 0.3) is 5.91 Å². The van der Waals surface area contributed by atoms with Crippen LogP contribution in [0.4, 0.5) is 0 Å². The summed E-state index contributed by atoms with van der Waals surface area (Å²) >= 11 is 0. The molecule has 2 N–H and O–H groups in total. The van der Waals surface area contributed by atoms with Crippen LogP contribution in [0.1, 0.15) is 47.2 Å². The van der Waals surface area contributed by atoms with E-state index >= 15 is 0 Å². The molecule has 7 nitrogen and oxygen atoms in total. The summed E-state index contributed by atoms with van der Waals surface area (Å²) < 4.78 is 16.6. The molecule has 1 aliphatic rings. The van der Waals surface area contributed by atoms with Crippen LogP contribution in [0.25, 0.3) is 0 Å². The highest BCUT2D eigenvalue weighted by Crippen LogP contribution is 2.39. The van der Waals surface area contributed by atoms with Crippen molar-refractivity contribution in [2.45, 2.75) is 38.5 Å². The quantitative estimate of drug-likeness (QED) is 0.535. The number of carbonyl (C=O) groups excluding carboxylic acids is 2. The Hall–Kier alpha value is -3.16. The third-order valence-electron chi connectivity index (χ3n) is 5.65. The molecule has 0 spiro atoms. The van der Waals surface area contributed by atoms with E-state index in [0.717, 1.165) is 11.1 Å². The summed E-state index contributed by atoms with van der Waals surface area (Å²) in [6.07, 6.45) is 2.41. The highest BCUT2D eigenvalue weighted by molar-refractivity contribution is 5.92. The highest BCUT2D eigenvalue weighted by atomic mass is 16.7. The van der Waals surface area contributed by atoms with Gasteiger partial charge in [0.05, 0.1) is 12.7 Å². The Morgan fingerprint density at radius 3 is 2.45 bits per heavy atom. The van der Waals surface area contributed by atoms with Crippen molar-refractivity contribution in [3.63, 3.8) is 0 Å². The topological polar surface area (TPSA) is 94.1 Å². The monoisotopic (exact) mass is 453 g/mol. The van der Waals surface area contributed by atoms with E-state index in [1.54, 1.807) is 12.1 Å². The Morgan fingerprint density at radius 1 is 1.09 bits per heavy atom. The average Bonchev–Trinajstić information content (AvgIpc) is 2.86. The van der Waals surface area contributed by atoms with Gasteiger partial charge in [-0.2, -0.15) is 0 Å². The lowest BCUT2D eigenvalue weighted by atomic mass is 9.80. The summed E-state index contributed by atoms with van der Waals surface area (Å²) in [5, 5.41) is 12.3. The fraction of sp³-hybridized carbons (Fsp3) is 0.385. The third kappa shape index (κ3) is 6.43. The minimum absolute atomic E-state index is 0.0531. The molecule has 0 aliphatic carbocycles. The second kappa shape index (κ2) is 12.2. The van der Waals surface area contributed by atoms with Crippen molar-refractivity contribution < 1.29 is 28.9 Å². The molecule has 3 unspecified atom stereocenters. The van der Waals surface area contributed by atoms with E-state index < -0.39 is 12.3 Å². The van der Waals surface area contributed by atoms with Gasteiger partial charge in [0.1, 0.15) is 0 Å². The van der Waals surface area contributed by atoms with E-state index in [1.165, 1.54) is 7.11 Å². The van der Waals surface area contributed by atoms with Gasteiger partial charge in [0.2, 0.25) is 6.29 Å². The zero-order valence-electron chi connectivity index (χ0n) is 19.0. The van der Waals surface area contributed by atoms with Gasteiger partial charge in [-0.3, -0.25) is 4.79 Å². The first-order chi connectivity index (χ1) is 16.1. The molecule has 0 radical (unpaired) electrons. The summed E-state index contributed by atoms with van der Waals surface area (Å²) in [7, 11) is 1.34. The minimum atomic E-state index is -0.630. The molecular weight excluding hydrogens is 422 g/mol. The molecule has 0 bridgehead atoms. The van der Waals surface area contributed by atoms with Crippen LogP contribution in [0.3, 0.4) is 0 Å². The van der Waals surface area contributed by atoms with Crippen molar-refractivity contribution in [2.24, 2.45) is 5.92 Å². The van der Waals surface area contributed by atoms with Crippen molar-refractivity contribution in [3.05, 3.63) is 83.1 Å². The number of hydrogen-bond acceptors (Lipinski definition) is 6. The molecule has 7 heteroatoms. The van der Waals surface area contributed by atoms with Crippen LogP contribution in [-0.4, -0.2) is 43.6 Å². The Kier molecular flexibility index (Phi) is 9.04. The predicted octanol–water partition coefficient (Wildman–Crippen LogP) is 3.54. The van der Waals surface area contributed by atoms with Crippen molar-refractivity contribution in [1.82, 2.24) is 5.32 Å². The van der Waals surface area contributed by atoms with Gasteiger partial charge in [-0.25, -0.2) is 4.79 Å². The van der Waals surface area contributed by atoms with E-state index in [0.29, 0.717) is 31.6 Å². The molecule has 1 amide bonds. The lowest BCUT2D eigenvalue weighted by molar-refractivity contribution is -0.166. The molecule has 3 atom stereocenters. The molecule has 3 rings (SSSR count). The number of carbonyl (C=O) groups is 2. The average molecular weight is 454 g/mol. The maximum absolute atomic E-state index is 12.9. The molecule has 1 heterocycles. The first-order valence-corrected chi connectivity index (χ1v) is 11.2. The minimum Gasteiger partial charge on any atom is -0.465 e. The molecule has 2 aromatic carbocycles. The zero-order chi connectivity index (χ0) is 23.6. The fourth-order valence-electron chi connectivity index (χ4n) is 3.97. The van der Waals surface area contributed by atoms with Gasteiger partial charge >= 0.3 is 5.97 Å². The smallest absolute Gasteiger partial charge is 0.337 e. The molecule has 0 saturated carbocycles. The Morgan fingerprint density at radius 2 is 1.82 bits per heavy atom. The third-order valence-corrected chi connectivity index (χ3v) is 5.65.